The van der Waals surface area contributed by atoms with Gasteiger partial charge in [-0.3, -0.25) is 9.59 Å². The van der Waals surface area contributed by atoms with Gasteiger partial charge in [0, 0.05) is 19.4 Å². The Kier molecular flexibility index (Phi) is 43.0. The van der Waals surface area contributed by atoms with E-state index in [9.17, 15) is 9.59 Å². The lowest BCUT2D eigenvalue weighted by atomic mass is 10.1. The van der Waals surface area contributed by atoms with Crippen molar-refractivity contribution in [3.05, 3.63) is 60.8 Å². The fourth-order valence-corrected chi connectivity index (χ4v) is 6.15. The molecule has 0 fully saturated rings. The number of unbranched alkanes of at least 4 members (excludes halogenated alkanes) is 20. The smallest absolute Gasteiger partial charge is 0.306 e. The minimum absolute atomic E-state index is 0.0614. The molecule has 0 aliphatic heterocycles. The predicted molar refractivity (Wildman–Crippen MR) is 233 cm³/mol. The number of allylic oxidation sites excluding steroid dienone is 10. The van der Waals surface area contributed by atoms with Crippen LogP contribution in [0.15, 0.2) is 60.8 Å². The fourth-order valence-electron chi connectivity index (χ4n) is 6.15. The van der Waals surface area contributed by atoms with Gasteiger partial charge in [-0.05, 0) is 77.0 Å². The van der Waals surface area contributed by atoms with Crippen molar-refractivity contribution >= 4 is 11.9 Å². The summed E-state index contributed by atoms with van der Waals surface area (Å²) < 4.78 is 17.2. The van der Waals surface area contributed by atoms with Crippen LogP contribution in [0, 0.1) is 0 Å². The zero-order valence-electron chi connectivity index (χ0n) is 35.7. The molecule has 0 aliphatic rings. The van der Waals surface area contributed by atoms with E-state index < -0.39 is 6.10 Å². The van der Waals surface area contributed by atoms with E-state index in [0.717, 1.165) is 77.0 Å². The molecule has 0 heterocycles. The third kappa shape index (κ3) is 42.3. The van der Waals surface area contributed by atoms with Crippen LogP contribution < -0.4 is 0 Å². The van der Waals surface area contributed by atoms with E-state index in [-0.39, 0.29) is 25.2 Å². The third-order valence-electron chi connectivity index (χ3n) is 9.54. The van der Waals surface area contributed by atoms with Crippen LogP contribution in [0.3, 0.4) is 0 Å². The molecule has 0 N–H and O–H groups in total. The van der Waals surface area contributed by atoms with Gasteiger partial charge in [0.15, 0.2) is 6.10 Å². The minimum Gasteiger partial charge on any atom is -0.462 e. The summed E-state index contributed by atoms with van der Waals surface area (Å²) in [5.74, 6) is -0.438. The van der Waals surface area contributed by atoms with Crippen LogP contribution in [0.25, 0.3) is 0 Å². The predicted octanol–water partition coefficient (Wildman–Crippen LogP) is 15.0. The molecule has 312 valence electrons. The van der Waals surface area contributed by atoms with Crippen molar-refractivity contribution in [2.45, 2.75) is 219 Å². The van der Waals surface area contributed by atoms with Crippen molar-refractivity contribution in [2.75, 3.05) is 19.8 Å². The maximum absolute atomic E-state index is 12.6. The quantitative estimate of drug-likeness (QED) is 0.0353. The van der Waals surface area contributed by atoms with Gasteiger partial charge in [0.05, 0.1) is 6.61 Å². The molecule has 0 aromatic heterocycles. The molecule has 0 aliphatic carbocycles. The van der Waals surface area contributed by atoms with E-state index in [4.69, 9.17) is 14.2 Å². The molecular weight excluding hydrogens is 669 g/mol. The molecule has 0 saturated heterocycles. The molecule has 0 spiro atoms. The van der Waals surface area contributed by atoms with Gasteiger partial charge in [-0.15, -0.1) is 0 Å². The molecular formula is C49H86O5. The summed E-state index contributed by atoms with van der Waals surface area (Å²) in [4.78, 5) is 25.1. The zero-order valence-corrected chi connectivity index (χ0v) is 35.7. The largest absolute Gasteiger partial charge is 0.462 e. The van der Waals surface area contributed by atoms with E-state index in [1.54, 1.807) is 0 Å². The summed E-state index contributed by atoms with van der Waals surface area (Å²) in [6.07, 6.45) is 55.3. The van der Waals surface area contributed by atoms with Crippen molar-refractivity contribution in [2.24, 2.45) is 0 Å². The monoisotopic (exact) mass is 755 g/mol. The normalized spacial score (nSPS) is 12.7. The minimum atomic E-state index is -0.561. The van der Waals surface area contributed by atoms with Gasteiger partial charge in [-0.25, -0.2) is 0 Å². The van der Waals surface area contributed by atoms with Crippen LogP contribution in [-0.2, 0) is 23.8 Å². The second-order valence-corrected chi connectivity index (χ2v) is 14.9. The summed E-state index contributed by atoms with van der Waals surface area (Å²) in [5.41, 5.74) is 0. The van der Waals surface area contributed by atoms with Crippen molar-refractivity contribution in [1.82, 2.24) is 0 Å². The number of hydrogen-bond acceptors (Lipinski definition) is 5. The highest BCUT2D eigenvalue weighted by Gasteiger charge is 2.17. The lowest BCUT2D eigenvalue weighted by Crippen LogP contribution is -2.30. The standard InChI is InChI=1S/C49H86O5/c1-4-7-10-13-16-18-20-22-24-25-26-27-29-31-34-36-39-42-48(50)53-46-47(54-49(51)43-40-37-33-15-12-9-6-3)45-52-44-41-38-35-32-30-28-23-21-19-17-14-11-8-5-2/h8,11,17,19,22-24,28,32,35,47H,4-7,9-10,12-16,18,20-21,25-27,29-31,33-34,36-46H2,1-3H3/b11-8-,19-17-,24-22-,28-23-,35-32-. The maximum Gasteiger partial charge on any atom is 0.306 e. The van der Waals surface area contributed by atoms with Gasteiger partial charge in [0.2, 0.25) is 0 Å². The third-order valence-corrected chi connectivity index (χ3v) is 9.54. The van der Waals surface area contributed by atoms with Crippen LogP contribution in [-0.4, -0.2) is 37.9 Å². The van der Waals surface area contributed by atoms with E-state index in [1.807, 2.05) is 0 Å². The van der Waals surface area contributed by atoms with Gasteiger partial charge in [0.1, 0.15) is 6.61 Å². The van der Waals surface area contributed by atoms with Gasteiger partial charge in [-0.2, -0.15) is 0 Å². The van der Waals surface area contributed by atoms with Crippen LogP contribution >= 0.6 is 0 Å². The molecule has 5 nitrogen and oxygen atoms in total. The van der Waals surface area contributed by atoms with Gasteiger partial charge in [0.25, 0.3) is 0 Å². The molecule has 0 amide bonds. The molecule has 0 aromatic rings. The average Bonchev–Trinajstić information content (AvgIpc) is 3.17. The number of esters is 2. The second kappa shape index (κ2) is 45.0. The van der Waals surface area contributed by atoms with E-state index >= 15 is 0 Å². The number of rotatable bonds is 41. The lowest BCUT2D eigenvalue weighted by Gasteiger charge is -2.18. The Morgan fingerprint density at radius 1 is 0.426 bits per heavy atom. The number of carbonyl (C=O) groups is 2. The van der Waals surface area contributed by atoms with Crippen LogP contribution in [0.5, 0.6) is 0 Å². The molecule has 0 bridgehead atoms. The first-order chi connectivity index (χ1) is 26.6. The van der Waals surface area contributed by atoms with Gasteiger partial charge < -0.3 is 14.2 Å². The first-order valence-electron chi connectivity index (χ1n) is 22.8. The highest BCUT2D eigenvalue weighted by molar-refractivity contribution is 5.70. The Labute approximate surface area is 334 Å². The summed E-state index contributed by atoms with van der Waals surface area (Å²) in [5, 5.41) is 0. The van der Waals surface area contributed by atoms with Crippen molar-refractivity contribution < 1.29 is 23.8 Å². The first-order valence-corrected chi connectivity index (χ1v) is 22.8. The molecule has 0 aromatic carbocycles. The van der Waals surface area contributed by atoms with E-state index in [0.29, 0.717) is 19.4 Å². The summed E-state index contributed by atoms with van der Waals surface area (Å²) in [6.45, 7) is 7.53. The van der Waals surface area contributed by atoms with Crippen molar-refractivity contribution in [3.63, 3.8) is 0 Å². The molecule has 0 rings (SSSR count). The zero-order chi connectivity index (χ0) is 39.3. The molecule has 0 saturated carbocycles. The Balaban J connectivity index is 4.22. The Morgan fingerprint density at radius 2 is 0.833 bits per heavy atom. The topological polar surface area (TPSA) is 61.8 Å². The molecule has 1 unspecified atom stereocenters. The maximum atomic E-state index is 12.6. The molecule has 54 heavy (non-hydrogen) atoms. The van der Waals surface area contributed by atoms with E-state index in [2.05, 4.69) is 81.5 Å². The average molecular weight is 755 g/mol. The Hall–Kier alpha value is -2.40. The number of hydrogen-bond donors (Lipinski definition) is 0. The summed E-state index contributed by atoms with van der Waals surface area (Å²) in [6, 6.07) is 0. The van der Waals surface area contributed by atoms with Crippen molar-refractivity contribution in [1.29, 1.82) is 0 Å². The van der Waals surface area contributed by atoms with Gasteiger partial charge in [-0.1, -0.05) is 184 Å². The second-order valence-electron chi connectivity index (χ2n) is 14.9. The fraction of sp³-hybridized carbons (Fsp3) is 0.755. The summed E-state index contributed by atoms with van der Waals surface area (Å²) >= 11 is 0. The Morgan fingerprint density at radius 3 is 1.35 bits per heavy atom. The van der Waals surface area contributed by atoms with Crippen LogP contribution in [0.2, 0.25) is 0 Å². The molecule has 1 atom stereocenters. The van der Waals surface area contributed by atoms with Gasteiger partial charge >= 0.3 is 11.9 Å². The number of carbonyl (C=O) groups excluding carboxylic acids is 2. The van der Waals surface area contributed by atoms with Crippen LogP contribution in [0.1, 0.15) is 213 Å². The lowest BCUT2D eigenvalue weighted by molar-refractivity contribution is -0.163. The molecule has 5 heteroatoms. The number of ether oxygens (including phenoxy) is 3. The highest BCUT2D eigenvalue weighted by atomic mass is 16.6. The summed E-state index contributed by atoms with van der Waals surface area (Å²) in [7, 11) is 0. The Bertz CT molecular complexity index is 946. The SMILES string of the molecule is CC/C=C\C/C=C\C/C=C\C/C=C\CCCOCC(COC(=O)CCCCCCCCC/C=C\CCCCCCCC)OC(=O)CCCCCCCCC. The van der Waals surface area contributed by atoms with E-state index in [1.165, 1.54) is 103 Å². The molecule has 0 radical (unpaired) electrons. The van der Waals surface area contributed by atoms with Crippen LogP contribution in [0.4, 0.5) is 0 Å². The highest BCUT2D eigenvalue weighted by Crippen LogP contribution is 2.13. The first kappa shape index (κ1) is 51.6. The van der Waals surface area contributed by atoms with Crippen molar-refractivity contribution in [3.8, 4) is 0 Å².